The topological polar surface area (TPSA) is 60.3 Å². The third kappa shape index (κ3) is 1.48. The smallest absolute Gasteiger partial charge is 0.231 e. The molecular formula is C13H16N2O2. The zero-order valence-corrected chi connectivity index (χ0v) is 10.0. The van der Waals surface area contributed by atoms with E-state index in [9.17, 15) is 0 Å². The van der Waals surface area contributed by atoms with Gasteiger partial charge in [0.1, 0.15) is 0 Å². The molecule has 1 aromatic heterocycles. The van der Waals surface area contributed by atoms with Crippen molar-refractivity contribution in [2.24, 2.45) is 5.73 Å². The van der Waals surface area contributed by atoms with E-state index in [1.54, 1.807) is 0 Å². The van der Waals surface area contributed by atoms with Gasteiger partial charge in [-0.05, 0) is 31.0 Å². The molecule has 0 amide bonds. The Morgan fingerprint density at radius 3 is 2.76 bits per heavy atom. The summed E-state index contributed by atoms with van der Waals surface area (Å²) in [6.07, 6.45) is 0. The minimum absolute atomic E-state index is 0.308. The largest absolute Gasteiger partial charge is 0.454 e. The van der Waals surface area contributed by atoms with Crippen LogP contribution in [0.3, 0.4) is 0 Å². The molecule has 1 aliphatic heterocycles. The van der Waals surface area contributed by atoms with Gasteiger partial charge in [0, 0.05) is 22.7 Å². The van der Waals surface area contributed by atoms with E-state index in [2.05, 4.69) is 18.8 Å². The Labute approximate surface area is 99.7 Å². The maximum Gasteiger partial charge on any atom is 0.231 e. The molecule has 0 fully saturated rings. The Morgan fingerprint density at radius 1 is 1.35 bits per heavy atom. The first-order valence-electron chi connectivity index (χ1n) is 5.82. The molecule has 4 heteroatoms. The van der Waals surface area contributed by atoms with Crippen molar-refractivity contribution in [1.82, 2.24) is 4.98 Å². The van der Waals surface area contributed by atoms with Crippen LogP contribution in [0.25, 0.3) is 10.9 Å². The fourth-order valence-electron chi connectivity index (χ4n) is 2.49. The minimum Gasteiger partial charge on any atom is -0.454 e. The average molecular weight is 232 g/mol. The van der Waals surface area contributed by atoms with Crippen LogP contribution < -0.4 is 15.2 Å². The summed E-state index contributed by atoms with van der Waals surface area (Å²) in [5, 5.41) is 1.18. The van der Waals surface area contributed by atoms with Gasteiger partial charge in [-0.25, -0.2) is 0 Å². The molecule has 1 aliphatic rings. The number of H-pyrrole nitrogens is 1. The summed E-state index contributed by atoms with van der Waals surface area (Å²) < 4.78 is 10.8. The molecule has 1 aromatic carbocycles. The standard InChI is InChI=1S/C13H16N2O2/c1-7(5-14)13-8(2)15-10-4-12-11(3-9(10)13)16-6-17-12/h3-4,7,15H,5-6,14H2,1-2H3. The number of aromatic nitrogens is 1. The van der Waals surface area contributed by atoms with Crippen LogP contribution in [-0.2, 0) is 0 Å². The summed E-state index contributed by atoms with van der Waals surface area (Å²) in [5.41, 5.74) is 9.30. The van der Waals surface area contributed by atoms with E-state index in [1.165, 1.54) is 16.6 Å². The first kappa shape index (κ1) is 10.5. The third-order valence-electron chi connectivity index (χ3n) is 3.38. The Kier molecular flexibility index (Phi) is 2.26. The van der Waals surface area contributed by atoms with E-state index in [1.807, 2.05) is 12.1 Å². The molecule has 1 unspecified atom stereocenters. The molecule has 0 radical (unpaired) electrons. The molecule has 17 heavy (non-hydrogen) atoms. The number of hydrogen-bond acceptors (Lipinski definition) is 3. The van der Waals surface area contributed by atoms with Gasteiger partial charge >= 0.3 is 0 Å². The molecule has 3 N–H and O–H groups in total. The molecule has 0 bridgehead atoms. The first-order chi connectivity index (χ1) is 8.20. The highest BCUT2D eigenvalue weighted by Crippen LogP contribution is 2.39. The van der Waals surface area contributed by atoms with Crippen molar-refractivity contribution < 1.29 is 9.47 Å². The van der Waals surface area contributed by atoms with Gasteiger partial charge in [-0.1, -0.05) is 6.92 Å². The molecule has 90 valence electrons. The van der Waals surface area contributed by atoms with Gasteiger partial charge in [-0.3, -0.25) is 0 Å². The summed E-state index contributed by atoms with van der Waals surface area (Å²) >= 11 is 0. The molecule has 2 heterocycles. The number of aryl methyl sites for hydroxylation is 1. The van der Waals surface area contributed by atoms with Crippen LogP contribution in [0.15, 0.2) is 12.1 Å². The molecule has 0 saturated carbocycles. The van der Waals surface area contributed by atoms with E-state index < -0.39 is 0 Å². The van der Waals surface area contributed by atoms with Gasteiger partial charge in [0.25, 0.3) is 0 Å². The molecule has 4 nitrogen and oxygen atoms in total. The molecule has 1 atom stereocenters. The van der Waals surface area contributed by atoms with E-state index in [-0.39, 0.29) is 0 Å². The van der Waals surface area contributed by atoms with Crippen molar-refractivity contribution >= 4 is 10.9 Å². The van der Waals surface area contributed by atoms with Crippen LogP contribution in [0.1, 0.15) is 24.1 Å². The first-order valence-corrected chi connectivity index (χ1v) is 5.82. The van der Waals surface area contributed by atoms with Crippen molar-refractivity contribution in [2.75, 3.05) is 13.3 Å². The Hall–Kier alpha value is -1.68. The number of rotatable bonds is 2. The van der Waals surface area contributed by atoms with Gasteiger partial charge in [0.2, 0.25) is 6.79 Å². The number of nitrogens with one attached hydrogen (secondary N) is 1. The molecule has 0 spiro atoms. The van der Waals surface area contributed by atoms with Crippen molar-refractivity contribution in [2.45, 2.75) is 19.8 Å². The highest BCUT2D eigenvalue weighted by molar-refractivity contribution is 5.88. The van der Waals surface area contributed by atoms with Crippen LogP contribution in [0.2, 0.25) is 0 Å². The normalized spacial score (nSPS) is 15.5. The van der Waals surface area contributed by atoms with Gasteiger partial charge in [0.15, 0.2) is 11.5 Å². The number of hydrogen-bond donors (Lipinski definition) is 2. The highest BCUT2D eigenvalue weighted by atomic mass is 16.7. The van der Waals surface area contributed by atoms with Gasteiger partial charge in [0.05, 0.1) is 0 Å². The lowest BCUT2D eigenvalue weighted by atomic mass is 9.98. The Morgan fingerprint density at radius 2 is 2.06 bits per heavy atom. The van der Waals surface area contributed by atoms with Crippen LogP contribution in [0.4, 0.5) is 0 Å². The van der Waals surface area contributed by atoms with Crippen LogP contribution in [-0.4, -0.2) is 18.3 Å². The van der Waals surface area contributed by atoms with Crippen molar-refractivity contribution in [3.63, 3.8) is 0 Å². The zero-order chi connectivity index (χ0) is 12.0. The average Bonchev–Trinajstić information content (AvgIpc) is 2.87. The maximum atomic E-state index is 5.77. The highest BCUT2D eigenvalue weighted by Gasteiger charge is 2.19. The minimum atomic E-state index is 0.308. The maximum absolute atomic E-state index is 5.77. The predicted molar refractivity (Wildman–Crippen MR) is 66.6 cm³/mol. The fraction of sp³-hybridized carbons (Fsp3) is 0.385. The summed E-state index contributed by atoms with van der Waals surface area (Å²) in [6.45, 7) is 5.17. The summed E-state index contributed by atoms with van der Waals surface area (Å²) in [7, 11) is 0. The molecule has 3 rings (SSSR count). The third-order valence-corrected chi connectivity index (χ3v) is 3.38. The lowest BCUT2D eigenvalue weighted by Crippen LogP contribution is -2.09. The summed E-state index contributed by atoms with van der Waals surface area (Å²) in [4.78, 5) is 3.38. The second-order valence-corrected chi connectivity index (χ2v) is 4.55. The molecule has 0 saturated heterocycles. The van der Waals surface area contributed by atoms with Crippen LogP contribution in [0.5, 0.6) is 11.5 Å². The quantitative estimate of drug-likeness (QED) is 0.835. The lowest BCUT2D eigenvalue weighted by Gasteiger charge is -2.09. The van der Waals surface area contributed by atoms with Crippen LogP contribution >= 0.6 is 0 Å². The van der Waals surface area contributed by atoms with Crippen molar-refractivity contribution in [3.8, 4) is 11.5 Å². The second-order valence-electron chi connectivity index (χ2n) is 4.55. The summed E-state index contributed by atoms with van der Waals surface area (Å²) in [5.74, 6) is 1.97. The lowest BCUT2D eigenvalue weighted by molar-refractivity contribution is 0.174. The zero-order valence-electron chi connectivity index (χ0n) is 10.0. The number of aromatic amines is 1. The Balaban J connectivity index is 2.25. The van der Waals surface area contributed by atoms with Crippen molar-refractivity contribution in [1.29, 1.82) is 0 Å². The predicted octanol–water partition coefficient (Wildman–Crippen LogP) is 2.27. The van der Waals surface area contributed by atoms with Gasteiger partial charge in [-0.2, -0.15) is 0 Å². The fourth-order valence-corrected chi connectivity index (χ4v) is 2.49. The molecule has 2 aromatic rings. The van der Waals surface area contributed by atoms with E-state index in [0.29, 0.717) is 19.3 Å². The number of nitrogens with two attached hydrogens (primary N) is 1. The number of fused-ring (bicyclic) bond motifs is 2. The van der Waals surface area contributed by atoms with Gasteiger partial charge < -0.3 is 20.2 Å². The Bertz CT molecular complexity index is 574. The SMILES string of the molecule is Cc1[nH]c2cc3c(cc2c1C(C)CN)OCO3. The summed E-state index contributed by atoms with van der Waals surface area (Å²) in [6, 6.07) is 4.04. The second kappa shape index (κ2) is 3.67. The molecule has 0 aliphatic carbocycles. The van der Waals surface area contributed by atoms with E-state index >= 15 is 0 Å². The van der Waals surface area contributed by atoms with E-state index in [4.69, 9.17) is 15.2 Å². The molecular weight excluding hydrogens is 216 g/mol. The van der Waals surface area contributed by atoms with Crippen LogP contribution in [0, 0.1) is 6.92 Å². The number of ether oxygens (including phenoxy) is 2. The van der Waals surface area contributed by atoms with E-state index in [0.717, 1.165) is 17.0 Å². The monoisotopic (exact) mass is 232 g/mol. The van der Waals surface area contributed by atoms with Gasteiger partial charge in [-0.15, -0.1) is 0 Å². The van der Waals surface area contributed by atoms with Crippen molar-refractivity contribution in [3.05, 3.63) is 23.4 Å². The number of benzene rings is 1.